The lowest BCUT2D eigenvalue weighted by molar-refractivity contribution is -0.346. The van der Waals surface area contributed by atoms with Crippen molar-refractivity contribution in [1.82, 2.24) is 0 Å². The standard InChI is InChI=1S/C30H49NO6/c1-14(12-31)23(32)26(33)37-24-17(4)22-16(3)18(5)28(10)15(2)11-21-29(34,13-36-21)25(28)20(7)30(35,19(24)6)27(22,8)9/h12,14-16,18-21,23-25,31-32,34-35H,11,13H2,1-10H3/t14?,15?,16?,18?,19-,20?,21?,23?,24?,25?,28-,29?,30?/m0/s1. The van der Waals surface area contributed by atoms with Crippen LogP contribution in [0.3, 0.4) is 0 Å². The van der Waals surface area contributed by atoms with Crippen LogP contribution in [0.4, 0.5) is 0 Å². The van der Waals surface area contributed by atoms with Crippen molar-refractivity contribution in [2.24, 2.45) is 52.3 Å². The number of carbonyl (C=O) groups excluding carboxylic acids is 1. The van der Waals surface area contributed by atoms with Crippen LogP contribution in [0, 0.1) is 57.7 Å². The van der Waals surface area contributed by atoms with Crippen molar-refractivity contribution in [3.05, 3.63) is 11.1 Å². The third-order valence-electron chi connectivity index (χ3n) is 12.2. The lowest BCUT2D eigenvalue weighted by atomic mass is 9.38. The first-order chi connectivity index (χ1) is 16.9. The van der Waals surface area contributed by atoms with E-state index in [0.29, 0.717) is 0 Å². The Hall–Kier alpha value is -1.28. The summed E-state index contributed by atoms with van der Waals surface area (Å²) in [7, 11) is 0. The van der Waals surface area contributed by atoms with E-state index in [9.17, 15) is 20.1 Å². The molecule has 13 atom stereocenters. The number of hydrogen-bond donors (Lipinski definition) is 4. The van der Waals surface area contributed by atoms with Crippen LogP contribution < -0.4 is 0 Å². The summed E-state index contributed by atoms with van der Waals surface area (Å²) in [6.45, 7) is 21.1. The Balaban J connectivity index is 1.92. The molecule has 11 unspecified atom stereocenters. The molecule has 7 heteroatoms. The molecule has 4 N–H and O–H groups in total. The number of aliphatic hydroxyl groups excluding tert-OH is 1. The van der Waals surface area contributed by atoms with Crippen LogP contribution in [0.5, 0.6) is 0 Å². The second-order valence-corrected chi connectivity index (χ2v) is 13.8. The molecule has 0 aromatic heterocycles. The summed E-state index contributed by atoms with van der Waals surface area (Å²) in [4.78, 5) is 13.0. The zero-order chi connectivity index (χ0) is 28.0. The molecular formula is C30H49NO6. The van der Waals surface area contributed by atoms with E-state index >= 15 is 0 Å². The number of esters is 1. The van der Waals surface area contributed by atoms with Gasteiger partial charge in [-0.15, -0.1) is 0 Å². The predicted molar refractivity (Wildman–Crippen MR) is 142 cm³/mol. The highest BCUT2D eigenvalue weighted by Crippen LogP contribution is 2.69. The number of carbonyl (C=O) groups is 1. The highest BCUT2D eigenvalue weighted by atomic mass is 16.6. The van der Waals surface area contributed by atoms with Crippen molar-refractivity contribution in [2.45, 2.75) is 105 Å². The normalized spacial score (nSPS) is 50.4. The molecule has 7 nitrogen and oxygen atoms in total. The zero-order valence-corrected chi connectivity index (χ0v) is 24.3. The molecule has 2 bridgehead atoms. The number of hydrogen-bond acceptors (Lipinski definition) is 7. The maximum absolute atomic E-state index is 13.0. The van der Waals surface area contributed by atoms with E-state index in [2.05, 4.69) is 48.5 Å². The molecule has 4 aliphatic rings. The summed E-state index contributed by atoms with van der Waals surface area (Å²) >= 11 is 0. The maximum Gasteiger partial charge on any atom is 0.336 e. The average molecular weight is 520 g/mol. The van der Waals surface area contributed by atoms with Crippen molar-refractivity contribution in [2.75, 3.05) is 6.61 Å². The summed E-state index contributed by atoms with van der Waals surface area (Å²) < 4.78 is 11.9. The summed E-state index contributed by atoms with van der Waals surface area (Å²) in [6, 6.07) is 0. The molecule has 0 radical (unpaired) electrons. The summed E-state index contributed by atoms with van der Waals surface area (Å²) in [5, 5.41) is 43.0. The second kappa shape index (κ2) is 8.87. The fraction of sp³-hybridized carbons (Fsp3) is 0.867. The third kappa shape index (κ3) is 3.46. The molecule has 0 spiro atoms. The van der Waals surface area contributed by atoms with Gasteiger partial charge in [0.15, 0.2) is 6.10 Å². The minimum Gasteiger partial charge on any atom is -0.456 e. The van der Waals surface area contributed by atoms with Crippen LogP contribution in [-0.4, -0.2) is 63.6 Å². The molecule has 4 rings (SSSR count). The second-order valence-electron chi connectivity index (χ2n) is 13.8. The molecule has 3 fully saturated rings. The number of ether oxygens (including phenoxy) is 2. The van der Waals surface area contributed by atoms with Gasteiger partial charge in [0, 0.05) is 29.4 Å². The van der Waals surface area contributed by atoms with Crippen LogP contribution in [0.1, 0.15) is 75.7 Å². The first kappa shape index (κ1) is 28.7. The van der Waals surface area contributed by atoms with Crippen molar-refractivity contribution < 1.29 is 29.6 Å². The van der Waals surface area contributed by atoms with Crippen molar-refractivity contribution in [3.8, 4) is 0 Å². The molecule has 37 heavy (non-hydrogen) atoms. The lowest BCUT2D eigenvalue weighted by Gasteiger charge is -2.71. The van der Waals surface area contributed by atoms with Gasteiger partial charge < -0.3 is 30.2 Å². The summed E-state index contributed by atoms with van der Waals surface area (Å²) in [5.41, 5.74) is -1.18. The zero-order valence-electron chi connectivity index (χ0n) is 24.3. The van der Waals surface area contributed by atoms with Gasteiger partial charge in [0.1, 0.15) is 11.7 Å². The molecule has 0 aromatic carbocycles. The summed E-state index contributed by atoms with van der Waals surface area (Å²) in [6.07, 6.45) is -0.567. The molecule has 0 amide bonds. The van der Waals surface area contributed by atoms with Crippen molar-refractivity contribution >= 4 is 12.2 Å². The SMILES string of the molecule is CC1=C2C(C)C(C)[C@]3(C)C(C)CC4OCC4(O)C3C(C)C(O)([C@@H](C)C1OC(=O)C(O)C(C)C=N)C2(C)C. The van der Waals surface area contributed by atoms with Gasteiger partial charge in [-0.05, 0) is 48.0 Å². The van der Waals surface area contributed by atoms with Gasteiger partial charge in [0.2, 0.25) is 0 Å². The van der Waals surface area contributed by atoms with Gasteiger partial charge in [-0.1, -0.05) is 67.9 Å². The van der Waals surface area contributed by atoms with Gasteiger partial charge in [-0.3, -0.25) is 0 Å². The largest absolute Gasteiger partial charge is 0.456 e. The van der Waals surface area contributed by atoms with Gasteiger partial charge >= 0.3 is 5.97 Å². The van der Waals surface area contributed by atoms with Crippen LogP contribution in [0.25, 0.3) is 0 Å². The Bertz CT molecular complexity index is 993. The summed E-state index contributed by atoms with van der Waals surface area (Å²) in [5.74, 6) is -1.95. The molecule has 1 saturated heterocycles. The van der Waals surface area contributed by atoms with Gasteiger partial charge in [-0.25, -0.2) is 4.79 Å². The van der Waals surface area contributed by atoms with E-state index in [1.807, 2.05) is 13.8 Å². The van der Waals surface area contributed by atoms with Gasteiger partial charge in [0.05, 0.1) is 18.3 Å². The molecular weight excluding hydrogens is 470 g/mol. The molecule has 2 saturated carbocycles. The van der Waals surface area contributed by atoms with E-state index in [1.54, 1.807) is 6.92 Å². The molecule has 1 heterocycles. The van der Waals surface area contributed by atoms with Crippen molar-refractivity contribution in [3.63, 3.8) is 0 Å². The Morgan fingerprint density at radius 1 is 1.11 bits per heavy atom. The topological polar surface area (TPSA) is 120 Å². The van der Waals surface area contributed by atoms with E-state index in [-0.39, 0.29) is 47.7 Å². The number of fused-ring (bicyclic) bond motifs is 5. The minimum absolute atomic E-state index is 0.0595. The van der Waals surface area contributed by atoms with Crippen molar-refractivity contribution in [1.29, 1.82) is 5.41 Å². The van der Waals surface area contributed by atoms with Crippen LogP contribution in [-0.2, 0) is 14.3 Å². The number of aliphatic hydroxyl groups is 3. The van der Waals surface area contributed by atoms with E-state index in [4.69, 9.17) is 14.9 Å². The fourth-order valence-electron chi connectivity index (χ4n) is 9.74. The van der Waals surface area contributed by atoms with Crippen LogP contribution in [0.15, 0.2) is 11.1 Å². The Kier molecular flexibility index (Phi) is 6.88. The monoisotopic (exact) mass is 519 g/mol. The first-order valence-corrected chi connectivity index (χ1v) is 14.1. The highest BCUT2D eigenvalue weighted by molar-refractivity contribution is 5.79. The van der Waals surface area contributed by atoms with Gasteiger partial charge in [-0.2, -0.15) is 0 Å². The number of nitrogens with one attached hydrogen (secondary N) is 1. The fourth-order valence-corrected chi connectivity index (χ4v) is 9.74. The van der Waals surface area contributed by atoms with Gasteiger partial charge in [0.25, 0.3) is 0 Å². The molecule has 0 aromatic rings. The third-order valence-corrected chi connectivity index (χ3v) is 12.2. The molecule has 1 aliphatic heterocycles. The lowest BCUT2D eigenvalue weighted by Crippen LogP contribution is -2.77. The Morgan fingerprint density at radius 3 is 2.22 bits per heavy atom. The maximum atomic E-state index is 13.0. The van der Waals surface area contributed by atoms with E-state index < -0.39 is 46.6 Å². The Labute approximate surface area is 222 Å². The predicted octanol–water partition coefficient (Wildman–Crippen LogP) is 3.98. The Morgan fingerprint density at radius 2 is 1.70 bits per heavy atom. The quantitative estimate of drug-likeness (QED) is 0.253. The van der Waals surface area contributed by atoms with Crippen LogP contribution >= 0.6 is 0 Å². The van der Waals surface area contributed by atoms with E-state index in [1.165, 1.54) is 0 Å². The van der Waals surface area contributed by atoms with E-state index in [0.717, 1.165) is 23.8 Å². The molecule has 3 aliphatic carbocycles. The number of rotatable bonds is 4. The molecule has 210 valence electrons. The minimum atomic E-state index is -1.44. The first-order valence-electron chi connectivity index (χ1n) is 14.1. The highest BCUT2D eigenvalue weighted by Gasteiger charge is 2.73. The smallest absolute Gasteiger partial charge is 0.336 e. The average Bonchev–Trinajstić information content (AvgIpc) is 2.84. The van der Waals surface area contributed by atoms with Crippen LogP contribution in [0.2, 0.25) is 0 Å².